The average molecular weight is 573 g/mol. The summed E-state index contributed by atoms with van der Waals surface area (Å²) in [7, 11) is -3.08. The van der Waals surface area contributed by atoms with E-state index in [1.54, 1.807) is 6.07 Å². The molecule has 0 atom stereocenters. The van der Waals surface area contributed by atoms with E-state index in [0.717, 1.165) is 70.1 Å². The van der Waals surface area contributed by atoms with Gasteiger partial charge in [-0.25, -0.2) is 8.42 Å². The lowest BCUT2D eigenvalue weighted by Crippen LogP contribution is -2.43. The molecule has 9 heteroatoms. The fourth-order valence-corrected chi connectivity index (χ4v) is 8.49. The van der Waals surface area contributed by atoms with Crippen molar-refractivity contribution < 1.29 is 18.3 Å². The number of benzene rings is 3. The molecule has 0 radical (unpaired) electrons. The molecule has 0 aliphatic carbocycles. The maximum absolute atomic E-state index is 12.4. The van der Waals surface area contributed by atoms with Crippen molar-refractivity contribution in [3.05, 3.63) is 54.1 Å². The number of phenols is 1. The van der Waals surface area contributed by atoms with Gasteiger partial charge in [-0.1, -0.05) is 30.3 Å². The third-order valence-electron chi connectivity index (χ3n) is 9.35. The molecule has 1 aromatic heterocycles. The SMILES string of the molecule is Cc1c(-c2cc(O)cc3ccccc23)ccc2c(N3CCCS(=O)(=O)CC3)nc(OCC34CCCN3CCC4)nc12. The first-order valence-electron chi connectivity index (χ1n) is 14.7. The Morgan fingerprint density at radius 1 is 0.902 bits per heavy atom. The minimum Gasteiger partial charge on any atom is -0.508 e. The molecule has 3 aliphatic heterocycles. The number of rotatable bonds is 5. The highest BCUT2D eigenvalue weighted by molar-refractivity contribution is 7.91. The van der Waals surface area contributed by atoms with Crippen LogP contribution in [0.25, 0.3) is 32.8 Å². The van der Waals surface area contributed by atoms with Crippen LogP contribution in [0.2, 0.25) is 0 Å². The first-order valence-corrected chi connectivity index (χ1v) is 16.5. The lowest BCUT2D eigenvalue weighted by atomic mass is 9.93. The lowest BCUT2D eigenvalue weighted by Gasteiger charge is -2.31. The summed E-state index contributed by atoms with van der Waals surface area (Å²) in [6.45, 7) is 5.86. The van der Waals surface area contributed by atoms with Crippen LogP contribution < -0.4 is 9.64 Å². The molecular weight excluding hydrogens is 536 g/mol. The van der Waals surface area contributed by atoms with Crippen LogP contribution in [-0.4, -0.2) is 78.2 Å². The van der Waals surface area contributed by atoms with E-state index in [1.807, 2.05) is 30.3 Å². The molecule has 3 aromatic carbocycles. The van der Waals surface area contributed by atoms with Gasteiger partial charge >= 0.3 is 6.01 Å². The summed E-state index contributed by atoms with van der Waals surface area (Å²) < 4.78 is 31.3. The number of anilines is 1. The summed E-state index contributed by atoms with van der Waals surface area (Å²) in [5.74, 6) is 1.25. The highest BCUT2D eigenvalue weighted by Crippen LogP contribution is 2.41. The number of hydrogen-bond donors (Lipinski definition) is 1. The zero-order valence-electron chi connectivity index (χ0n) is 23.5. The molecule has 8 nitrogen and oxygen atoms in total. The van der Waals surface area contributed by atoms with Crippen LogP contribution in [0.1, 0.15) is 37.7 Å². The number of nitrogens with zero attached hydrogens (tertiary/aromatic N) is 4. The molecule has 4 aromatic rings. The molecule has 0 bridgehead atoms. The minimum atomic E-state index is -3.08. The van der Waals surface area contributed by atoms with E-state index in [0.29, 0.717) is 32.1 Å². The van der Waals surface area contributed by atoms with E-state index in [2.05, 4.69) is 28.9 Å². The van der Waals surface area contributed by atoms with Gasteiger partial charge in [0.05, 0.1) is 22.6 Å². The number of ether oxygens (including phenoxy) is 1. The topological polar surface area (TPSA) is 95.9 Å². The maximum atomic E-state index is 12.4. The largest absolute Gasteiger partial charge is 0.508 e. The number of aromatic nitrogens is 2. The highest BCUT2D eigenvalue weighted by Gasteiger charge is 2.45. The number of aromatic hydroxyl groups is 1. The van der Waals surface area contributed by atoms with E-state index >= 15 is 0 Å². The van der Waals surface area contributed by atoms with Crippen LogP contribution in [0.3, 0.4) is 0 Å². The van der Waals surface area contributed by atoms with Crippen molar-refractivity contribution in [3.8, 4) is 22.9 Å². The van der Waals surface area contributed by atoms with Crippen molar-refractivity contribution in [3.63, 3.8) is 0 Å². The van der Waals surface area contributed by atoms with Gasteiger partial charge in [-0.3, -0.25) is 4.90 Å². The second-order valence-electron chi connectivity index (χ2n) is 11.9. The molecule has 3 aliphatic rings. The van der Waals surface area contributed by atoms with Gasteiger partial charge in [0.1, 0.15) is 18.2 Å². The van der Waals surface area contributed by atoms with E-state index < -0.39 is 9.84 Å². The summed E-state index contributed by atoms with van der Waals surface area (Å²) in [5, 5.41) is 13.4. The van der Waals surface area contributed by atoms with Crippen molar-refractivity contribution in [1.29, 1.82) is 0 Å². The van der Waals surface area contributed by atoms with Crippen LogP contribution >= 0.6 is 0 Å². The van der Waals surface area contributed by atoms with Gasteiger partial charge in [0.25, 0.3) is 0 Å². The number of fused-ring (bicyclic) bond motifs is 3. The molecule has 214 valence electrons. The number of sulfone groups is 1. The fraction of sp³-hybridized carbons (Fsp3) is 0.438. The third-order valence-corrected chi connectivity index (χ3v) is 11.1. The Kier molecular flexibility index (Phi) is 6.54. The molecular formula is C32H36N4O4S. The Bertz CT molecular complexity index is 1750. The lowest BCUT2D eigenvalue weighted by molar-refractivity contribution is 0.108. The van der Waals surface area contributed by atoms with Gasteiger partial charge < -0.3 is 14.7 Å². The zero-order chi connectivity index (χ0) is 28.2. The predicted molar refractivity (Wildman–Crippen MR) is 163 cm³/mol. The van der Waals surface area contributed by atoms with Crippen LogP contribution in [-0.2, 0) is 9.84 Å². The quantitative estimate of drug-likeness (QED) is 0.353. The Hall–Kier alpha value is -3.43. The molecule has 0 saturated carbocycles. The van der Waals surface area contributed by atoms with Crippen molar-refractivity contribution in [2.45, 2.75) is 44.6 Å². The molecule has 0 unspecified atom stereocenters. The van der Waals surface area contributed by atoms with Crippen LogP contribution in [0.15, 0.2) is 48.5 Å². The fourth-order valence-electron chi connectivity index (χ4n) is 7.22. The predicted octanol–water partition coefficient (Wildman–Crippen LogP) is 5.10. The van der Waals surface area contributed by atoms with Crippen LogP contribution in [0, 0.1) is 6.92 Å². The third kappa shape index (κ3) is 4.78. The van der Waals surface area contributed by atoms with Crippen molar-refractivity contribution in [2.75, 3.05) is 49.2 Å². The van der Waals surface area contributed by atoms with Crippen LogP contribution in [0.5, 0.6) is 11.8 Å². The van der Waals surface area contributed by atoms with Crippen molar-refractivity contribution >= 4 is 37.3 Å². The van der Waals surface area contributed by atoms with Gasteiger partial charge in [0, 0.05) is 18.5 Å². The number of hydrogen-bond acceptors (Lipinski definition) is 8. The van der Waals surface area contributed by atoms with Crippen molar-refractivity contribution in [1.82, 2.24) is 14.9 Å². The van der Waals surface area contributed by atoms with E-state index in [1.165, 1.54) is 12.8 Å². The second-order valence-corrected chi connectivity index (χ2v) is 14.2. The summed E-state index contributed by atoms with van der Waals surface area (Å²) in [6, 6.07) is 16.1. The van der Waals surface area contributed by atoms with Gasteiger partial charge in [0.15, 0.2) is 9.84 Å². The molecule has 4 heterocycles. The van der Waals surface area contributed by atoms with Gasteiger partial charge in [-0.2, -0.15) is 9.97 Å². The molecule has 3 saturated heterocycles. The Morgan fingerprint density at radius 2 is 1.71 bits per heavy atom. The average Bonchev–Trinajstić information content (AvgIpc) is 3.48. The smallest absolute Gasteiger partial charge is 0.319 e. The second kappa shape index (κ2) is 10.1. The number of aryl methyl sites for hydroxylation is 1. The van der Waals surface area contributed by atoms with Gasteiger partial charge in [0.2, 0.25) is 0 Å². The van der Waals surface area contributed by atoms with E-state index in [-0.39, 0.29) is 22.8 Å². The highest BCUT2D eigenvalue weighted by atomic mass is 32.2. The molecule has 3 fully saturated rings. The summed E-state index contributed by atoms with van der Waals surface area (Å²) in [6.07, 6.45) is 5.20. The van der Waals surface area contributed by atoms with Crippen molar-refractivity contribution in [2.24, 2.45) is 0 Å². The Balaban J connectivity index is 1.35. The molecule has 0 amide bonds. The summed E-state index contributed by atoms with van der Waals surface area (Å²) >= 11 is 0. The number of phenolic OH excluding ortho intramolecular Hbond substituents is 1. The summed E-state index contributed by atoms with van der Waals surface area (Å²) in [5.41, 5.74) is 3.74. The molecule has 41 heavy (non-hydrogen) atoms. The van der Waals surface area contributed by atoms with Crippen LogP contribution in [0.4, 0.5) is 5.82 Å². The normalized spacial score (nSPS) is 20.4. The zero-order valence-corrected chi connectivity index (χ0v) is 24.3. The minimum absolute atomic E-state index is 0.0620. The molecule has 0 spiro atoms. The standard InChI is InChI=1S/C32H36N4O4S/c1-22-25(28-20-24(37)19-23-7-2-3-8-26(23)28)9-10-27-29(22)33-31(40-21-32-11-4-14-36(32)15-5-12-32)34-30(27)35-13-6-17-41(38,39)18-16-35/h2-3,7-10,19-20,37H,4-6,11-18,21H2,1H3. The molecule has 7 rings (SSSR count). The maximum Gasteiger partial charge on any atom is 0.319 e. The Labute approximate surface area is 240 Å². The summed E-state index contributed by atoms with van der Waals surface area (Å²) in [4.78, 5) is 14.6. The van der Waals surface area contributed by atoms with E-state index in [9.17, 15) is 13.5 Å². The first kappa shape index (κ1) is 26.5. The molecule has 1 N–H and O–H groups in total. The van der Waals surface area contributed by atoms with Gasteiger partial charge in [-0.15, -0.1) is 0 Å². The first-order chi connectivity index (χ1) is 19.8. The monoisotopic (exact) mass is 572 g/mol. The van der Waals surface area contributed by atoms with E-state index in [4.69, 9.17) is 14.7 Å². The van der Waals surface area contributed by atoms with Gasteiger partial charge in [-0.05, 0) is 97.8 Å². The Morgan fingerprint density at radius 3 is 2.54 bits per heavy atom.